The molecule has 0 saturated carbocycles. The van der Waals surface area contributed by atoms with Gasteiger partial charge in [0.25, 0.3) is 0 Å². The minimum absolute atomic E-state index is 0.0600. The van der Waals surface area contributed by atoms with Gasteiger partial charge in [0.15, 0.2) is 5.69 Å². The van der Waals surface area contributed by atoms with Crippen molar-refractivity contribution in [2.45, 2.75) is 0 Å². The summed E-state index contributed by atoms with van der Waals surface area (Å²) in [5.74, 6) is -0.318. The maximum atomic E-state index is 11.1. The SMILES string of the molecule is COC(=O)c1cc(OC)nc(OC)n1. The maximum absolute atomic E-state index is 11.1. The number of esters is 1. The van der Waals surface area contributed by atoms with Crippen molar-refractivity contribution in [1.82, 2.24) is 9.97 Å². The van der Waals surface area contributed by atoms with E-state index in [1.54, 1.807) is 0 Å². The molecule has 0 atom stereocenters. The van der Waals surface area contributed by atoms with Crippen LogP contribution in [0.1, 0.15) is 10.5 Å². The van der Waals surface area contributed by atoms with Gasteiger partial charge in [0.1, 0.15) is 0 Å². The van der Waals surface area contributed by atoms with E-state index in [9.17, 15) is 4.79 Å². The van der Waals surface area contributed by atoms with Crippen LogP contribution in [-0.2, 0) is 4.74 Å². The van der Waals surface area contributed by atoms with Crippen LogP contribution in [0.25, 0.3) is 0 Å². The van der Waals surface area contributed by atoms with Crippen LogP contribution in [0.2, 0.25) is 0 Å². The van der Waals surface area contributed by atoms with Crippen LogP contribution in [0.4, 0.5) is 0 Å². The molecule has 1 heterocycles. The van der Waals surface area contributed by atoms with E-state index in [0.717, 1.165) is 0 Å². The van der Waals surface area contributed by atoms with Crippen molar-refractivity contribution in [3.8, 4) is 11.9 Å². The Morgan fingerprint density at radius 1 is 1.21 bits per heavy atom. The third kappa shape index (κ3) is 2.09. The standard InChI is InChI=1S/C8H10N2O4/c1-12-6-4-5(7(11)13-2)9-8(10-6)14-3/h4H,1-3H3. The molecule has 0 N–H and O–H groups in total. The van der Waals surface area contributed by atoms with Crippen LogP contribution in [0.15, 0.2) is 6.07 Å². The molecule has 0 aliphatic rings. The van der Waals surface area contributed by atoms with Gasteiger partial charge in [-0.1, -0.05) is 0 Å². The second-order valence-corrected chi connectivity index (χ2v) is 2.27. The minimum atomic E-state index is -0.566. The number of nitrogens with zero attached hydrogens (tertiary/aromatic N) is 2. The summed E-state index contributed by atoms with van der Waals surface area (Å²) in [4.78, 5) is 18.7. The summed E-state index contributed by atoms with van der Waals surface area (Å²) in [6.45, 7) is 0. The maximum Gasteiger partial charge on any atom is 0.357 e. The Balaban J connectivity index is 3.10. The number of hydrogen-bond acceptors (Lipinski definition) is 6. The second kappa shape index (κ2) is 4.40. The van der Waals surface area contributed by atoms with Crippen molar-refractivity contribution < 1.29 is 19.0 Å². The highest BCUT2D eigenvalue weighted by atomic mass is 16.5. The first-order valence-corrected chi connectivity index (χ1v) is 3.76. The van der Waals surface area contributed by atoms with Crippen LogP contribution in [0, 0.1) is 0 Å². The number of rotatable bonds is 3. The Hall–Kier alpha value is -1.85. The number of ether oxygens (including phenoxy) is 3. The molecule has 0 saturated heterocycles. The van der Waals surface area contributed by atoms with E-state index in [-0.39, 0.29) is 17.6 Å². The lowest BCUT2D eigenvalue weighted by molar-refractivity contribution is 0.0592. The van der Waals surface area contributed by atoms with Crippen molar-refractivity contribution in [3.05, 3.63) is 11.8 Å². The predicted octanol–water partition coefficient (Wildman–Crippen LogP) is 0.280. The largest absolute Gasteiger partial charge is 0.481 e. The molecular formula is C8H10N2O4. The van der Waals surface area contributed by atoms with Crippen LogP contribution in [-0.4, -0.2) is 37.3 Å². The molecule has 0 unspecified atom stereocenters. The van der Waals surface area contributed by atoms with Crippen LogP contribution in [0.5, 0.6) is 11.9 Å². The Morgan fingerprint density at radius 2 is 1.93 bits per heavy atom. The van der Waals surface area contributed by atoms with Crippen LogP contribution in [0.3, 0.4) is 0 Å². The summed E-state index contributed by atoms with van der Waals surface area (Å²) < 4.78 is 14.1. The Labute approximate surface area is 80.8 Å². The highest BCUT2D eigenvalue weighted by Crippen LogP contribution is 2.13. The number of hydrogen-bond donors (Lipinski definition) is 0. The summed E-state index contributed by atoms with van der Waals surface area (Å²) in [7, 11) is 4.10. The smallest absolute Gasteiger partial charge is 0.357 e. The monoisotopic (exact) mass is 198 g/mol. The van der Waals surface area contributed by atoms with Crippen molar-refractivity contribution in [3.63, 3.8) is 0 Å². The Kier molecular flexibility index (Phi) is 3.22. The highest BCUT2D eigenvalue weighted by Gasteiger charge is 2.12. The van der Waals surface area contributed by atoms with Crippen molar-refractivity contribution >= 4 is 5.97 Å². The zero-order chi connectivity index (χ0) is 10.6. The van der Waals surface area contributed by atoms with Gasteiger partial charge in [-0.2, -0.15) is 9.97 Å². The molecule has 76 valence electrons. The van der Waals surface area contributed by atoms with E-state index in [1.165, 1.54) is 27.4 Å². The second-order valence-electron chi connectivity index (χ2n) is 2.27. The van der Waals surface area contributed by atoms with Crippen molar-refractivity contribution in [2.24, 2.45) is 0 Å². The molecule has 1 aromatic heterocycles. The molecule has 0 fully saturated rings. The summed E-state index contributed by atoms with van der Waals surface area (Å²) in [6, 6.07) is 1.43. The first-order valence-electron chi connectivity index (χ1n) is 3.76. The molecule has 0 spiro atoms. The summed E-state index contributed by atoms with van der Waals surface area (Å²) in [5, 5.41) is 0. The predicted molar refractivity (Wildman–Crippen MR) is 46.5 cm³/mol. The molecule has 0 aliphatic carbocycles. The molecule has 0 radical (unpaired) electrons. The Morgan fingerprint density at radius 3 is 2.43 bits per heavy atom. The van der Waals surface area contributed by atoms with Crippen LogP contribution < -0.4 is 9.47 Å². The molecule has 14 heavy (non-hydrogen) atoms. The van der Waals surface area contributed by atoms with Gasteiger partial charge in [-0.3, -0.25) is 0 Å². The van der Waals surface area contributed by atoms with E-state index in [0.29, 0.717) is 0 Å². The van der Waals surface area contributed by atoms with Gasteiger partial charge in [0, 0.05) is 6.07 Å². The number of carbonyl (C=O) groups is 1. The summed E-state index contributed by atoms with van der Waals surface area (Å²) in [6.07, 6.45) is 0. The molecule has 0 aliphatic heterocycles. The number of carbonyl (C=O) groups excluding carboxylic acids is 1. The van der Waals surface area contributed by atoms with Gasteiger partial charge in [-0.05, 0) is 0 Å². The number of aromatic nitrogens is 2. The lowest BCUT2D eigenvalue weighted by Crippen LogP contribution is -2.07. The van der Waals surface area contributed by atoms with Gasteiger partial charge in [-0.25, -0.2) is 4.79 Å². The fourth-order valence-corrected chi connectivity index (χ4v) is 0.809. The normalized spacial score (nSPS) is 9.36. The fraction of sp³-hybridized carbons (Fsp3) is 0.375. The summed E-state index contributed by atoms with van der Waals surface area (Å²) in [5.41, 5.74) is 0.0937. The van der Waals surface area contributed by atoms with Gasteiger partial charge in [-0.15, -0.1) is 0 Å². The molecular weight excluding hydrogens is 188 g/mol. The molecule has 0 aromatic carbocycles. The van der Waals surface area contributed by atoms with E-state index < -0.39 is 5.97 Å². The third-order valence-electron chi connectivity index (χ3n) is 1.47. The molecule has 0 bridgehead atoms. The number of methoxy groups -OCH3 is 3. The molecule has 6 heteroatoms. The summed E-state index contributed by atoms with van der Waals surface area (Å²) >= 11 is 0. The van der Waals surface area contributed by atoms with E-state index in [1.807, 2.05) is 0 Å². The molecule has 1 rings (SSSR count). The lowest BCUT2D eigenvalue weighted by Gasteiger charge is -2.04. The minimum Gasteiger partial charge on any atom is -0.481 e. The van der Waals surface area contributed by atoms with Crippen LogP contribution >= 0.6 is 0 Å². The van der Waals surface area contributed by atoms with Gasteiger partial charge in [0.05, 0.1) is 21.3 Å². The molecule has 6 nitrogen and oxygen atoms in total. The van der Waals surface area contributed by atoms with Gasteiger partial charge < -0.3 is 14.2 Å². The van der Waals surface area contributed by atoms with Gasteiger partial charge >= 0.3 is 12.0 Å². The average molecular weight is 198 g/mol. The zero-order valence-electron chi connectivity index (χ0n) is 8.10. The zero-order valence-corrected chi connectivity index (χ0v) is 8.10. The topological polar surface area (TPSA) is 70.5 Å². The van der Waals surface area contributed by atoms with E-state index >= 15 is 0 Å². The quantitative estimate of drug-likeness (QED) is 0.649. The first kappa shape index (κ1) is 10.2. The molecule has 0 amide bonds. The van der Waals surface area contributed by atoms with Crippen molar-refractivity contribution in [2.75, 3.05) is 21.3 Å². The van der Waals surface area contributed by atoms with Crippen molar-refractivity contribution in [1.29, 1.82) is 0 Å². The van der Waals surface area contributed by atoms with E-state index in [2.05, 4.69) is 14.7 Å². The van der Waals surface area contributed by atoms with E-state index in [4.69, 9.17) is 9.47 Å². The first-order chi connectivity index (χ1) is 6.71. The Bertz CT molecular complexity index is 318. The van der Waals surface area contributed by atoms with Gasteiger partial charge in [0.2, 0.25) is 5.88 Å². The molecule has 1 aromatic rings. The fourth-order valence-electron chi connectivity index (χ4n) is 0.809. The average Bonchev–Trinajstić information content (AvgIpc) is 2.27. The lowest BCUT2D eigenvalue weighted by atomic mass is 10.4. The highest BCUT2D eigenvalue weighted by molar-refractivity contribution is 5.87. The third-order valence-corrected chi connectivity index (χ3v) is 1.47.